The Kier molecular flexibility index (Phi) is 5.67. The zero-order valence-electron chi connectivity index (χ0n) is 18.8. The van der Waals surface area contributed by atoms with E-state index in [1.165, 1.54) is 0 Å². The molecular weight excluding hydrogens is 412 g/mol. The van der Waals surface area contributed by atoms with Gasteiger partial charge >= 0.3 is 6.09 Å². The quantitative estimate of drug-likeness (QED) is 0.551. The molecule has 2 aromatic rings. The van der Waals surface area contributed by atoms with Crippen molar-refractivity contribution in [3.8, 4) is 0 Å². The Balaban J connectivity index is 1.68. The number of nitrogens with zero attached hydrogens (tertiary/aromatic N) is 2. The lowest BCUT2D eigenvalue weighted by molar-refractivity contribution is -0.141. The summed E-state index contributed by atoms with van der Waals surface area (Å²) < 4.78 is 6.06. The van der Waals surface area contributed by atoms with E-state index >= 15 is 0 Å². The Morgan fingerprint density at radius 3 is 2.24 bits per heavy atom. The van der Waals surface area contributed by atoms with Crippen molar-refractivity contribution in [2.45, 2.75) is 55.5 Å². The van der Waals surface area contributed by atoms with E-state index < -0.39 is 23.8 Å². The second-order valence-corrected chi connectivity index (χ2v) is 9.22. The van der Waals surface area contributed by atoms with Crippen LogP contribution in [0.1, 0.15) is 49.0 Å². The van der Waals surface area contributed by atoms with Crippen molar-refractivity contribution in [2.24, 2.45) is 0 Å². The lowest BCUT2D eigenvalue weighted by atomic mass is 9.75. The van der Waals surface area contributed by atoms with E-state index in [9.17, 15) is 9.59 Å². The largest absolute Gasteiger partial charge is 0.439 e. The van der Waals surface area contributed by atoms with E-state index in [1.54, 1.807) is 11.0 Å². The molecule has 0 aromatic heterocycles. The van der Waals surface area contributed by atoms with Gasteiger partial charge in [-0.15, -0.1) is 13.2 Å². The third-order valence-corrected chi connectivity index (χ3v) is 7.58. The average Bonchev–Trinajstić information content (AvgIpc) is 3.36. The fourth-order valence-electron chi connectivity index (χ4n) is 6.29. The van der Waals surface area contributed by atoms with Crippen LogP contribution in [0.25, 0.3) is 0 Å². The number of carbonyl (C=O) groups excluding carboxylic acids is 2. The topological polar surface area (TPSA) is 49.9 Å². The van der Waals surface area contributed by atoms with Crippen LogP contribution < -0.4 is 0 Å². The second-order valence-electron chi connectivity index (χ2n) is 9.22. The molecule has 5 rings (SSSR count). The number of piperidine rings is 1. The molecule has 0 aliphatic carbocycles. The van der Waals surface area contributed by atoms with Crippen molar-refractivity contribution >= 4 is 11.9 Å². The highest BCUT2D eigenvalue weighted by Crippen LogP contribution is 2.53. The Bertz CT molecular complexity index is 1050. The van der Waals surface area contributed by atoms with Crippen LogP contribution >= 0.6 is 0 Å². The summed E-state index contributed by atoms with van der Waals surface area (Å²) in [6.45, 7) is 8.63. The predicted octanol–water partition coefficient (Wildman–Crippen LogP) is 5.23. The number of hydrogen-bond donors (Lipinski definition) is 0. The first-order valence-corrected chi connectivity index (χ1v) is 11.7. The van der Waals surface area contributed by atoms with Crippen molar-refractivity contribution in [3.63, 3.8) is 0 Å². The molecule has 33 heavy (non-hydrogen) atoms. The van der Waals surface area contributed by atoms with Gasteiger partial charge < -0.3 is 4.74 Å². The average molecular weight is 443 g/mol. The molecule has 0 unspecified atom stereocenters. The fraction of sp³-hybridized carbons (Fsp3) is 0.357. The zero-order chi connectivity index (χ0) is 23.0. The summed E-state index contributed by atoms with van der Waals surface area (Å²) in [5.41, 5.74) is 0.870. The van der Waals surface area contributed by atoms with Crippen LogP contribution in [-0.4, -0.2) is 45.8 Å². The lowest BCUT2D eigenvalue weighted by Gasteiger charge is -2.52. The summed E-state index contributed by atoms with van der Waals surface area (Å²) in [6.07, 6.45) is 5.39. The molecule has 3 aliphatic heterocycles. The van der Waals surface area contributed by atoms with Gasteiger partial charge in [0.2, 0.25) is 0 Å². The minimum absolute atomic E-state index is 0.0898. The first kappa shape index (κ1) is 21.7. The van der Waals surface area contributed by atoms with E-state index in [4.69, 9.17) is 4.74 Å². The lowest BCUT2D eigenvalue weighted by Crippen LogP contribution is -2.69. The maximum absolute atomic E-state index is 13.9. The molecule has 5 heteroatoms. The van der Waals surface area contributed by atoms with Gasteiger partial charge in [-0.1, -0.05) is 72.8 Å². The van der Waals surface area contributed by atoms with Crippen LogP contribution in [0.5, 0.6) is 0 Å². The highest BCUT2D eigenvalue weighted by atomic mass is 16.6. The van der Waals surface area contributed by atoms with Gasteiger partial charge in [0.1, 0.15) is 11.6 Å². The first-order valence-electron chi connectivity index (χ1n) is 11.7. The van der Waals surface area contributed by atoms with Crippen molar-refractivity contribution in [3.05, 3.63) is 97.1 Å². The number of benzene rings is 2. The molecule has 5 nitrogen and oxygen atoms in total. The van der Waals surface area contributed by atoms with Crippen molar-refractivity contribution in [1.82, 2.24) is 9.80 Å². The molecule has 2 bridgehead atoms. The number of rotatable bonds is 7. The van der Waals surface area contributed by atoms with Gasteiger partial charge in [0.05, 0.1) is 0 Å². The van der Waals surface area contributed by atoms with E-state index in [1.807, 2.05) is 66.7 Å². The highest BCUT2D eigenvalue weighted by molar-refractivity contribution is 5.95. The summed E-state index contributed by atoms with van der Waals surface area (Å²) in [5.74, 6) is 0.113. The van der Waals surface area contributed by atoms with E-state index in [0.717, 1.165) is 24.0 Å². The smallest absolute Gasteiger partial charge is 0.412 e. The zero-order valence-corrected chi connectivity index (χ0v) is 18.8. The highest BCUT2D eigenvalue weighted by Gasteiger charge is 2.64. The molecule has 0 saturated carbocycles. The third-order valence-electron chi connectivity index (χ3n) is 7.58. The monoisotopic (exact) mass is 442 g/mol. The molecule has 3 fully saturated rings. The molecule has 3 heterocycles. The molecule has 3 aliphatic rings. The van der Waals surface area contributed by atoms with E-state index in [2.05, 4.69) is 18.1 Å². The number of fused-ring (bicyclic) bond motifs is 2. The van der Waals surface area contributed by atoms with Crippen LogP contribution in [0.2, 0.25) is 0 Å². The molecule has 0 radical (unpaired) electrons. The maximum atomic E-state index is 13.9. The van der Waals surface area contributed by atoms with Gasteiger partial charge in [0.15, 0.2) is 11.9 Å². The minimum atomic E-state index is -1.01. The third kappa shape index (κ3) is 3.34. The van der Waals surface area contributed by atoms with Crippen LogP contribution in [-0.2, 0) is 9.53 Å². The van der Waals surface area contributed by atoms with E-state index in [0.29, 0.717) is 19.4 Å². The molecule has 3 saturated heterocycles. The standard InChI is InChI=1S/C28H30N2O3/c1-3-17-28(23-16-15-22(19-24(28)31)29(23)18-4-2)30-25(20-11-7-5-8-12-20)26(33-27(30)32)21-13-9-6-10-14-21/h3-14,22-23,25-26H,1-2,15-19H2/t22-,23+,25-,26+,28-/m0/s1. The molecule has 0 N–H and O–H groups in total. The Labute approximate surface area is 195 Å². The number of Topliss-reactive ketones (excluding diaryl/α,β-unsaturated/α-hetero) is 1. The Morgan fingerprint density at radius 2 is 1.61 bits per heavy atom. The summed E-state index contributed by atoms with van der Waals surface area (Å²) >= 11 is 0. The number of cyclic esters (lactones) is 1. The van der Waals surface area contributed by atoms with Crippen molar-refractivity contribution < 1.29 is 14.3 Å². The number of hydrogen-bond acceptors (Lipinski definition) is 4. The van der Waals surface area contributed by atoms with Crippen LogP contribution in [0, 0.1) is 0 Å². The molecule has 0 spiro atoms. The van der Waals surface area contributed by atoms with Crippen LogP contribution in [0.15, 0.2) is 86.0 Å². The number of ketones is 1. The van der Waals surface area contributed by atoms with Crippen LogP contribution in [0.3, 0.4) is 0 Å². The number of carbonyl (C=O) groups is 2. The maximum Gasteiger partial charge on any atom is 0.412 e. The normalized spacial score (nSPS) is 31.5. The van der Waals surface area contributed by atoms with Crippen molar-refractivity contribution in [2.75, 3.05) is 6.54 Å². The summed E-state index contributed by atoms with van der Waals surface area (Å²) in [6, 6.07) is 19.5. The van der Waals surface area contributed by atoms with Gasteiger partial charge in [-0.2, -0.15) is 0 Å². The summed E-state index contributed by atoms with van der Waals surface area (Å²) in [7, 11) is 0. The number of amides is 1. The molecule has 2 aromatic carbocycles. The number of ether oxygens (including phenoxy) is 1. The van der Waals surface area contributed by atoms with Gasteiger partial charge in [-0.05, 0) is 30.4 Å². The van der Waals surface area contributed by atoms with Gasteiger partial charge in [0.25, 0.3) is 0 Å². The molecule has 5 atom stereocenters. The first-order chi connectivity index (χ1) is 16.1. The summed E-state index contributed by atoms with van der Waals surface area (Å²) in [5, 5.41) is 0. The second kappa shape index (κ2) is 8.64. The van der Waals surface area contributed by atoms with E-state index in [-0.39, 0.29) is 17.9 Å². The minimum Gasteiger partial charge on any atom is -0.439 e. The van der Waals surface area contributed by atoms with Crippen LogP contribution in [0.4, 0.5) is 4.79 Å². The van der Waals surface area contributed by atoms with Gasteiger partial charge in [-0.3, -0.25) is 14.6 Å². The SMILES string of the molecule is C=CCN1[C@H]2CC[C@@H]1[C@](CC=C)(N1C(=O)O[C@H](c3ccccc3)[C@@H]1c1ccccc1)C(=O)C2. The molecule has 1 amide bonds. The predicted molar refractivity (Wildman–Crippen MR) is 128 cm³/mol. The van der Waals surface area contributed by atoms with Gasteiger partial charge in [0, 0.05) is 25.0 Å². The fourth-order valence-corrected chi connectivity index (χ4v) is 6.29. The molecular formula is C28H30N2O3. The molecule has 170 valence electrons. The van der Waals surface area contributed by atoms with Gasteiger partial charge in [-0.25, -0.2) is 4.79 Å². The Morgan fingerprint density at radius 1 is 0.939 bits per heavy atom. The van der Waals surface area contributed by atoms with Crippen molar-refractivity contribution in [1.29, 1.82) is 0 Å². The Hall–Kier alpha value is -3.18. The summed E-state index contributed by atoms with van der Waals surface area (Å²) in [4.78, 5) is 31.7.